The van der Waals surface area contributed by atoms with Gasteiger partial charge in [0.1, 0.15) is 0 Å². The van der Waals surface area contributed by atoms with E-state index >= 15 is 0 Å². The summed E-state index contributed by atoms with van der Waals surface area (Å²) in [5.41, 5.74) is 7.35. The van der Waals surface area contributed by atoms with E-state index in [9.17, 15) is 0 Å². The van der Waals surface area contributed by atoms with Gasteiger partial charge in [-0.15, -0.1) is 0 Å². The van der Waals surface area contributed by atoms with Crippen LogP contribution in [0.25, 0.3) is 0 Å². The third kappa shape index (κ3) is 2.47. The molecule has 0 aliphatic rings. The first-order valence-electron chi connectivity index (χ1n) is 4.56. The molecule has 1 rings (SSSR count). The third-order valence-corrected chi connectivity index (χ3v) is 1.97. The van der Waals surface area contributed by atoms with E-state index < -0.39 is 0 Å². The first kappa shape index (κ1) is 10.5. The van der Waals surface area contributed by atoms with Gasteiger partial charge in [-0.3, -0.25) is 0 Å². The summed E-state index contributed by atoms with van der Waals surface area (Å²) in [6.07, 6.45) is 0. The van der Waals surface area contributed by atoms with Crippen molar-refractivity contribution in [1.29, 1.82) is 0 Å². The van der Waals surface area contributed by atoms with Crippen LogP contribution in [0, 0.1) is 0 Å². The Labute approximate surface area is 83.4 Å². The van der Waals surface area contributed by atoms with Gasteiger partial charge in [-0.1, -0.05) is 36.3 Å². The molecule has 0 aliphatic heterocycles. The zero-order valence-corrected chi connectivity index (χ0v) is 8.20. The highest BCUT2D eigenvalue weighted by Gasteiger charge is 2.04. The average molecular weight is 193 g/mol. The first-order valence-corrected chi connectivity index (χ1v) is 4.56. The van der Waals surface area contributed by atoms with Crippen molar-refractivity contribution < 1.29 is 5.21 Å². The van der Waals surface area contributed by atoms with Crippen LogP contribution in [-0.2, 0) is 6.54 Å². The maximum Gasteiger partial charge on any atom is 0.170 e. The van der Waals surface area contributed by atoms with E-state index in [1.165, 1.54) is 0 Å². The van der Waals surface area contributed by atoms with E-state index in [0.717, 1.165) is 24.2 Å². The van der Waals surface area contributed by atoms with Crippen molar-refractivity contribution in [2.24, 2.45) is 10.9 Å². The predicted molar refractivity (Wildman–Crippen MR) is 56.3 cm³/mol. The number of nitrogens with zero attached hydrogens (tertiary/aromatic N) is 1. The van der Waals surface area contributed by atoms with Crippen LogP contribution in [-0.4, -0.2) is 17.6 Å². The van der Waals surface area contributed by atoms with E-state index in [4.69, 9.17) is 10.9 Å². The standard InChI is InChI=1S/C10H15N3O/c1-2-12-7-8-5-3-4-6-9(8)10(11)13-14/h3-6,12,14H,2,7H2,1H3,(H2,11,13). The van der Waals surface area contributed by atoms with Crippen molar-refractivity contribution in [1.82, 2.24) is 5.32 Å². The lowest BCUT2D eigenvalue weighted by molar-refractivity contribution is 0.318. The zero-order chi connectivity index (χ0) is 10.4. The van der Waals surface area contributed by atoms with Crippen LogP contribution in [0.4, 0.5) is 0 Å². The molecule has 0 spiro atoms. The maximum absolute atomic E-state index is 8.58. The van der Waals surface area contributed by atoms with E-state index in [2.05, 4.69) is 10.5 Å². The largest absolute Gasteiger partial charge is 0.409 e. The topological polar surface area (TPSA) is 70.6 Å². The van der Waals surface area contributed by atoms with E-state index in [-0.39, 0.29) is 5.84 Å². The number of nitrogens with two attached hydrogens (primary N) is 1. The molecule has 0 fully saturated rings. The highest BCUT2D eigenvalue weighted by Crippen LogP contribution is 2.07. The summed E-state index contributed by atoms with van der Waals surface area (Å²) in [5, 5.41) is 14.8. The Morgan fingerprint density at radius 2 is 2.21 bits per heavy atom. The molecule has 0 radical (unpaired) electrons. The Kier molecular flexibility index (Phi) is 3.94. The summed E-state index contributed by atoms with van der Waals surface area (Å²) >= 11 is 0. The molecule has 4 heteroatoms. The summed E-state index contributed by atoms with van der Waals surface area (Å²) in [4.78, 5) is 0. The van der Waals surface area contributed by atoms with Gasteiger partial charge in [0.15, 0.2) is 5.84 Å². The van der Waals surface area contributed by atoms with Gasteiger partial charge in [0.2, 0.25) is 0 Å². The summed E-state index contributed by atoms with van der Waals surface area (Å²) < 4.78 is 0. The molecule has 14 heavy (non-hydrogen) atoms. The SMILES string of the molecule is CCNCc1ccccc1C(N)=NO. The lowest BCUT2D eigenvalue weighted by Crippen LogP contribution is -2.19. The number of rotatable bonds is 4. The average Bonchev–Trinajstić information content (AvgIpc) is 2.25. The number of oxime groups is 1. The number of hydrogen-bond donors (Lipinski definition) is 3. The van der Waals surface area contributed by atoms with Crippen LogP contribution in [0.2, 0.25) is 0 Å². The van der Waals surface area contributed by atoms with Crippen molar-refractivity contribution in [2.45, 2.75) is 13.5 Å². The smallest absolute Gasteiger partial charge is 0.170 e. The van der Waals surface area contributed by atoms with Gasteiger partial charge in [0, 0.05) is 12.1 Å². The highest BCUT2D eigenvalue weighted by molar-refractivity contribution is 5.98. The fraction of sp³-hybridized carbons (Fsp3) is 0.300. The number of hydrogen-bond acceptors (Lipinski definition) is 3. The van der Waals surface area contributed by atoms with Crippen LogP contribution >= 0.6 is 0 Å². The molecule has 0 amide bonds. The van der Waals surface area contributed by atoms with E-state index in [0.29, 0.717) is 0 Å². The van der Waals surface area contributed by atoms with Crippen LogP contribution in [0.15, 0.2) is 29.4 Å². The Morgan fingerprint density at radius 1 is 1.50 bits per heavy atom. The molecule has 0 unspecified atom stereocenters. The molecule has 76 valence electrons. The van der Waals surface area contributed by atoms with Crippen molar-refractivity contribution in [3.05, 3.63) is 35.4 Å². The van der Waals surface area contributed by atoms with E-state index in [1.54, 1.807) is 0 Å². The molecule has 0 saturated heterocycles. The van der Waals surface area contributed by atoms with Crippen molar-refractivity contribution in [3.8, 4) is 0 Å². The normalized spacial score (nSPS) is 11.6. The van der Waals surface area contributed by atoms with Gasteiger partial charge >= 0.3 is 0 Å². The van der Waals surface area contributed by atoms with Crippen molar-refractivity contribution in [2.75, 3.05) is 6.54 Å². The zero-order valence-electron chi connectivity index (χ0n) is 8.20. The maximum atomic E-state index is 8.58. The van der Waals surface area contributed by atoms with E-state index in [1.807, 2.05) is 31.2 Å². The molecular weight excluding hydrogens is 178 g/mol. The summed E-state index contributed by atoms with van der Waals surface area (Å²) in [7, 11) is 0. The minimum atomic E-state index is 0.151. The van der Waals surface area contributed by atoms with Gasteiger partial charge in [-0.2, -0.15) is 0 Å². The van der Waals surface area contributed by atoms with Crippen LogP contribution in [0.5, 0.6) is 0 Å². The number of nitrogens with one attached hydrogen (secondary N) is 1. The molecule has 4 N–H and O–H groups in total. The van der Waals surface area contributed by atoms with Gasteiger partial charge in [-0.25, -0.2) is 0 Å². The minimum Gasteiger partial charge on any atom is -0.409 e. The second kappa shape index (κ2) is 5.24. The molecule has 1 aromatic carbocycles. The second-order valence-corrected chi connectivity index (χ2v) is 2.92. The molecule has 0 atom stereocenters. The molecule has 0 heterocycles. The fourth-order valence-electron chi connectivity index (χ4n) is 1.24. The molecule has 4 nitrogen and oxygen atoms in total. The van der Waals surface area contributed by atoms with Crippen LogP contribution < -0.4 is 11.1 Å². The molecular formula is C10H15N3O. The quantitative estimate of drug-likeness (QED) is 0.288. The highest BCUT2D eigenvalue weighted by atomic mass is 16.4. The molecule has 0 bridgehead atoms. The van der Waals surface area contributed by atoms with Gasteiger partial charge in [-0.05, 0) is 12.1 Å². The molecule has 0 aliphatic carbocycles. The predicted octanol–water partition coefficient (Wildman–Crippen LogP) is 0.891. The van der Waals surface area contributed by atoms with Crippen LogP contribution in [0.3, 0.4) is 0 Å². The first-order chi connectivity index (χ1) is 6.79. The summed E-state index contributed by atoms with van der Waals surface area (Å²) in [6, 6.07) is 7.58. The molecule has 1 aromatic rings. The van der Waals surface area contributed by atoms with Gasteiger partial charge in [0.05, 0.1) is 0 Å². The monoisotopic (exact) mass is 193 g/mol. The summed E-state index contributed by atoms with van der Waals surface area (Å²) in [6.45, 7) is 3.65. The Morgan fingerprint density at radius 3 is 2.86 bits per heavy atom. The molecule has 0 saturated carbocycles. The Bertz CT molecular complexity index is 323. The minimum absolute atomic E-state index is 0.151. The Balaban J connectivity index is 2.91. The van der Waals surface area contributed by atoms with Gasteiger partial charge in [0.25, 0.3) is 0 Å². The molecule has 0 aromatic heterocycles. The lowest BCUT2D eigenvalue weighted by Gasteiger charge is -2.07. The second-order valence-electron chi connectivity index (χ2n) is 2.92. The van der Waals surface area contributed by atoms with Gasteiger partial charge < -0.3 is 16.3 Å². The summed E-state index contributed by atoms with van der Waals surface area (Å²) in [5.74, 6) is 0.151. The van der Waals surface area contributed by atoms with Crippen molar-refractivity contribution >= 4 is 5.84 Å². The third-order valence-electron chi connectivity index (χ3n) is 1.97. The fourth-order valence-corrected chi connectivity index (χ4v) is 1.24. The number of benzene rings is 1. The number of amidine groups is 1. The lowest BCUT2D eigenvalue weighted by atomic mass is 10.1. The van der Waals surface area contributed by atoms with Crippen LogP contribution in [0.1, 0.15) is 18.1 Å². The van der Waals surface area contributed by atoms with Crippen molar-refractivity contribution in [3.63, 3.8) is 0 Å². The Hall–Kier alpha value is -1.55.